The van der Waals surface area contributed by atoms with Crippen LogP contribution in [0.4, 0.5) is 17.2 Å². The van der Waals surface area contributed by atoms with E-state index in [1.54, 1.807) is 6.33 Å². The third-order valence-corrected chi connectivity index (χ3v) is 8.05. The average Bonchev–Trinajstić information content (AvgIpc) is 3.55. The Morgan fingerprint density at radius 1 is 1.05 bits per heavy atom. The lowest BCUT2D eigenvalue weighted by Gasteiger charge is -2.38. The number of ether oxygens (including phenoxy) is 1. The van der Waals surface area contributed by atoms with E-state index in [-0.39, 0.29) is 12.4 Å². The minimum Gasteiger partial charge on any atom is -0.493 e. The van der Waals surface area contributed by atoms with Crippen molar-refractivity contribution in [1.29, 1.82) is 0 Å². The molecule has 2 aliphatic rings. The lowest BCUT2D eigenvalue weighted by Crippen LogP contribution is -2.47. The standard InChI is InChI=1S/C27H39BrN8O.ClH/c1-19(2)6-15-37-21-16-22(29-7-10-34-8-4-5-9-34)20(3)23(17-21)35-11-13-36(14-12-35)27-24-25(28)32-33-26(24)30-18-31-27;/h16-19,29H,4-15H2,1-3H3,(H,30,31,32,33);1H. The zero-order valence-corrected chi connectivity index (χ0v) is 25.1. The Bertz CT molecular complexity index is 1190. The normalized spacial score (nSPS) is 16.3. The van der Waals surface area contributed by atoms with Crippen molar-refractivity contribution < 1.29 is 4.74 Å². The van der Waals surface area contributed by atoms with Crippen LogP contribution in [0, 0.1) is 12.8 Å². The fourth-order valence-corrected chi connectivity index (χ4v) is 5.70. The maximum atomic E-state index is 6.25. The molecule has 3 aromatic rings. The van der Waals surface area contributed by atoms with Gasteiger partial charge >= 0.3 is 0 Å². The van der Waals surface area contributed by atoms with Crippen LogP contribution in [0.3, 0.4) is 0 Å². The monoisotopic (exact) mass is 606 g/mol. The first-order valence-electron chi connectivity index (χ1n) is 13.6. The highest BCUT2D eigenvalue weighted by atomic mass is 79.9. The molecule has 0 amide bonds. The largest absolute Gasteiger partial charge is 0.493 e. The van der Waals surface area contributed by atoms with Crippen LogP contribution in [0.2, 0.25) is 0 Å². The third kappa shape index (κ3) is 6.63. The van der Waals surface area contributed by atoms with E-state index < -0.39 is 0 Å². The third-order valence-electron chi connectivity index (χ3n) is 7.47. The van der Waals surface area contributed by atoms with Gasteiger partial charge in [-0.3, -0.25) is 5.10 Å². The molecule has 208 valence electrons. The van der Waals surface area contributed by atoms with Gasteiger partial charge in [-0.25, -0.2) is 9.97 Å². The number of aromatic amines is 1. The SMILES string of the molecule is Cc1c(NCCN2CCCC2)cc(OCCC(C)C)cc1N1CCN(c2ncnc3[nH]nc(Br)c23)CC1.Cl. The molecule has 9 nitrogen and oxygen atoms in total. The van der Waals surface area contributed by atoms with Gasteiger partial charge in [-0.1, -0.05) is 13.8 Å². The summed E-state index contributed by atoms with van der Waals surface area (Å²) >= 11 is 3.55. The first-order chi connectivity index (χ1) is 18.0. The molecule has 0 unspecified atom stereocenters. The number of piperazine rings is 1. The highest BCUT2D eigenvalue weighted by Gasteiger charge is 2.24. The Balaban J connectivity index is 0.00000336. The molecule has 1 aromatic carbocycles. The number of hydrogen-bond acceptors (Lipinski definition) is 8. The summed E-state index contributed by atoms with van der Waals surface area (Å²) in [7, 11) is 0. The van der Waals surface area contributed by atoms with Crippen molar-refractivity contribution in [2.24, 2.45) is 5.92 Å². The summed E-state index contributed by atoms with van der Waals surface area (Å²) in [5.74, 6) is 2.50. The molecule has 0 spiro atoms. The summed E-state index contributed by atoms with van der Waals surface area (Å²) in [6.45, 7) is 15.5. The number of rotatable bonds is 10. The van der Waals surface area contributed by atoms with E-state index in [2.05, 4.69) is 89.0 Å². The van der Waals surface area contributed by atoms with Gasteiger partial charge < -0.3 is 24.8 Å². The molecule has 0 bridgehead atoms. The quantitative estimate of drug-likeness (QED) is 0.329. The minimum absolute atomic E-state index is 0. The van der Waals surface area contributed by atoms with Gasteiger partial charge in [-0.2, -0.15) is 5.10 Å². The van der Waals surface area contributed by atoms with Gasteiger partial charge in [-0.15, -0.1) is 12.4 Å². The van der Waals surface area contributed by atoms with Crippen LogP contribution < -0.4 is 19.9 Å². The van der Waals surface area contributed by atoms with Gasteiger partial charge in [-0.05, 0) is 66.7 Å². The van der Waals surface area contributed by atoms with Crippen LogP contribution in [-0.4, -0.2) is 84.0 Å². The predicted octanol–water partition coefficient (Wildman–Crippen LogP) is 5.10. The molecule has 0 atom stereocenters. The zero-order valence-electron chi connectivity index (χ0n) is 22.7. The number of benzene rings is 1. The predicted molar refractivity (Wildman–Crippen MR) is 161 cm³/mol. The Labute approximate surface area is 240 Å². The number of aromatic nitrogens is 4. The molecule has 11 heteroatoms. The molecule has 5 rings (SSSR count). The number of hydrogen-bond donors (Lipinski definition) is 2. The lowest BCUT2D eigenvalue weighted by molar-refractivity contribution is 0.289. The van der Waals surface area contributed by atoms with Gasteiger partial charge in [0.25, 0.3) is 0 Å². The molecule has 2 N–H and O–H groups in total. The second-order valence-electron chi connectivity index (χ2n) is 10.5. The van der Waals surface area contributed by atoms with Gasteiger partial charge in [0, 0.05) is 62.8 Å². The van der Waals surface area contributed by atoms with Crippen molar-refractivity contribution >= 4 is 56.6 Å². The molecule has 0 radical (unpaired) electrons. The van der Waals surface area contributed by atoms with Crippen molar-refractivity contribution in [3.8, 4) is 5.75 Å². The van der Waals surface area contributed by atoms with Crippen LogP contribution in [0.25, 0.3) is 11.0 Å². The Morgan fingerprint density at radius 2 is 1.79 bits per heavy atom. The molecule has 0 aliphatic carbocycles. The van der Waals surface area contributed by atoms with E-state index in [1.807, 2.05) is 0 Å². The average molecular weight is 608 g/mol. The molecular weight excluding hydrogens is 568 g/mol. The van der Waals surface area contributed by atoms with E-state index in [9.17, 15) is 0 Å². The molecular formula is C27H40BrClN8O. The Hall–Kier alpha value is -2.30. The highest BCUT2D eigenvalue weighted by molar-refractivity contribution is 9.10. The number of fused-ring (bicyclic) bond motifs is 1. The minimum atomic E-state index is 0. The van der Waals surface area contributed by atoms with E-state index in [0.717, 1.165) is 79.5 Å². The second kappa shape index (κ2) is 13.2. The van der Waals surface area contributed by atoms with Crippen LogP contribution >= 0.6 is 28.3 Å². The summed E-state index contributed by atoms with van der Waals surface area (Å²) in [4.78, 5) is 16.3. The van der Waals surface area contributed by atoms with Crippen molar-refractivity contribution in [3.63, 3.8) is 0 Å². The van der Waals surface area contributed by atoms with Crippen LogP contribution in [0.5, 0.6) is 5.75 Å². The Morgan fingerprint density at radius 3 is 2.53 bits per heavy atom. The summed E-state index contributed by atoms with van der Waals surface area (Å²) in [5, 5.41) is 11.9. The van der Waals surface area contributed by atoms with Gasteiger partial charge in [0.15, 0.2) is 5.65 Å². The lowest BCUT2D eigenvalue weighted by atomic mass is 10.1. The smallest absolute Gasteiger partial charge is 0.161 e. The first-order valence-corrected chi connectivity index (χ1v) is 14.4. The zero-order chi connectivity index (χ0) is 25.8. The van der Waals surface area contributed by atoms with Crippen molar-refractivity contribution in [2.45, 2.75) is 40.0 Å². The van der Waals surface area contributed by atoms with Crippen molar-refractivity contribution in [1.82, 2.24) is 25.1 Å². The van der Waals surface area contributed by atoms with E-state index in [4.69, 9.17) is 4.74 Å². The van der Waals surface area contributed by atoms with Gasteiger partial charge in [0.05, 0.1) is 12.0 Å². The number of nitrogens with zero attached hydrogens (tertiary/aromatic N) is 6. The second-order valence-corrected chi connectivity index (χ2v) is 11.3. The number of anilines is 3. The van der Waals surface area contributed by atoms with Crippen LogP contribution in [0.1, 0.15) is 38.7 Å². The van der Waals surface area contributed by atoms with Crippen LogP contribution in [-0.2, 0) is 0 Å². The maximum absolute atomic E-state index is 6.25. The Kier molecular flexibility index (Phi) is 9.95. The van der Waals surface area contributed by atoms with Gasteiger partial charge in [0.2, 0.25) is 0 Å². The molecule has 0 saturated carbocycles. The molecule has 4 heterocycles. The molecule has 2 aromatic heterocycles. The fourth-order valence-electron chi connectivity index (χ4n) is 5.24. The van der Waals surface area contributed by atoms with Crippen LogP contribution in [0.15, 0.2) is 23.1 Å². The number of nitrogens with one attached hydrogen (secondary N) is 2. The summed E-state index contributed by atoms with van der Waals surface area (Å²) in [6.07, 6.45) is 5.31. The molecule has 2 saturated heterocycles. The first kappa shape index (κ1) is 28.7. The van der Waals surface area contributed by atoms with Crippen molar-refractivity contribution in [2.75, 3.05) is 74.1 Å². The fraction of sp³-hybridized carbons (Fsp3) is 0.593. The number of likely N-dealkylation sites (tertiary alicyclic amines) is 1. The number of halogens is 2. The summed E-state index contributed by atoms with van der Waals surface area (Å²) < 4.78 is 7.00. The number of H-pyrrole nitrogens is 1. The molecule has 2 fully saturated rings. The topological polar surface area (TPSA) is 85.4 Å². The maximum Gasteiger partial charge on any atom is 0.161 e. The molecule has 38 heavy (non-hydrogen) atoms. The van der Waals surface area contributed by atoms with Gasteiger partial charge in [0.1, 0.15) is 22.5 Å². The summed E-state index contributed by atoms with van der Waals surface area (Å²) in [5.41, 5.74) is 4.47. The van der Waals surface area contributed by atoms with Crippen molar-refractivity contribution in [3.05, 3.63) is 28.6 Å². The van der Waals surface area contributed by atoms with E-state index >= 15 is 0 Å². The summed E-state index contributed by atoms with van der Waals surface area (Å²) in [6, 6.07) is 4.42. The molecule has 2 aliphatic heterocycles. The van der Waals surface area contributed by atoms with E-state index in [0.29, 0.717) is 5.92 Å². The highest BCUT2D eigenvalue weighted by Crippen LogP contribution is 2.35. The van der Waals surface area contributed by atoms with E-state index in [1.165, 1.54) is 42.9 Å².